The van der Waals surface area contributed by atoms with Crippen LogP contribution in [0.15, 0.2) is 60.3 Å². The third-order valence-electron chi connectivity index (χ3n) is 5.03. The molecule has 0 aromatic carbocycles. The highest BCUT2D eigenvalue weighted by molar-refractivity contribution is 5.56. The summed E-state index contributed by atoms with van der Waals surface area (Å²) in [6.45, 7) is 3.62. The normalized spacial score (nSPS) is 15.7. The van der Waals surface area contributed by atoms with Gasteiger partial charge >= 0.3 is 0 Å². The van der Waals surface area contributed by atoms with Crippen LogP contribution in [0.1, 0.15) is 18.5 Å². The van der Waals surface area contributed by atoms with E-state index in [9.17, 15) is 4.79 Å². The van der Waals surface area contributed by atoms with Crippen molar-refractivity contribution in [1.29, 1.82) is 0 Å². The summed E-state index contributed by atoms with van der Waals surface area (Å²) in [7, 11) is 0. The molecule has 1 aliphatic rings. The molecule has 0 amide bonds. The summed E-state index contributed by atoms with van der Waals surface area (Å²) < 4.78 is 1.73. The predicted octanol–water partition coefficient (Wildman–Crippen LogP) is 2.01. The zero-order valence-corrected chi connectivity index (χ0v) is 15.1. The fourth-order valence-corrected chi connectivity index (χ4v) is 3.48. The number of hydrogen-bond acceptors (Lipinski definition) is 6. The van der Waals surface area contributed by atoms with Crippen molar-refractivity contribution < 1.29 is 0 Å². The first-order chi connectivity index (χ1) is 13.3. The van der Waals surface area contributed by atoms with E-state index >= 15 is 0 Å². The number of aromatic nitrogens is 5. The Labute approximate surface area is 157 Å². The molecule has 1 fully saturated rings. The molecule has 0 atom stereocenters. The van der Waals surface area contributed by atoms with Gasteiger partial charge in [-0.3, -0.25) is 19.2 Å². The SMILES string of the molecule is O=c1cc(-c2cccnc2)ncn1CC1CCN(Cc2ccncn2)CC1. The molecule has 4 rings (SSSR count). The molecule has 1 aliphatic heterocycles. The zero-order valence-electron chi connectivity index (χ0n) is 15.1. The van der Waals surface area contributed by atoms with Gasteiger partial charge in [0.25, 0.3) is 5.56 Å². The van der Waals surface area contributed by atoms with E-state index in [1.54, 1.807) is 41.9 Å². The van der Waals surface area contributed by atoms with Crippen molar-refractivity contribution in [2.75, 3.05) is 13.1 Å². The molecule has 0 radical (unpaired) electrons. The largest absolute Gasteiger partial charge is 0.299 e. The molecule has 0 bridgehead atoms. The second kappa shape index (κ2) is 8.18. The molecule has 0 saturated carbocycles. The zero-order chi connectivity index (χ0) is 18.5. The summed E-state index contributed by atoms with van der Waals surface area (Å²) >= 11 is 0. The van der Waals surface area contributed by atoms with Crippen LogP contribution in [0.25, 0.3) is 11.3 Å². The Morgan fingerprint density at radius 1 is 1.07 bits per heavy atom. The van der Waals surface area contributed by atoms with Gasteiger partial charge in [-0.15, -0.1) is 0 Å². The van der Waals surface area contributed by atoms with E-state index in [2.05, 4.69) is 24.8 Å². The van der Waals surface area contributed by atoms with Gasteiger partial charge in [0, 0.05) is 43.3 Å². The van der Waals surface area contributed by atoms with Crippen molar-refractivity contribution in [1.82, 2.24) is 29.4 Å². The lowest BCUT2D eigenvalue weighted by atomic mass is 9.96. The number of nitrogens with zero attached hydrogens (tertiary/aromatic N) is 6. The second-order valence-electron chi connectivity index (χ2n) is 6.93. The van der Waals surface area contributed by atoms with E-state index in [1.165, 1.54) is 0 Å². The topological polar surface area (TPSA) is 76.8 Å². The van der Waals surface area contributed by atoms with Crippen molar-refractivity contribution in [2.24, 2.45) is 5.92 Å². The standard InChI is InChI=1S/C20H22N6O/c27-20-10-19(17-2-1-6-21-11-17)24-15-26(20)12-16-4-8-25(9-5-16)13-18-3-7-22-14-23-18/h1-3,6-7,10-11,14-16H,4-5,8-9,12-13H2. The van der Waals surface area contributed by atoms with Gasteiger partial charge in [-0.2, -0.15) is 0 Å². The molecule has 7 nitrogen and oxygen atoms in total. The van der Waals surface area contributed by atoms with E-state index < -0.39 is 0 Å². The van der Waals surface area contributed by atoms with E-state index in [0.717, 1.165) is 50.3 Å². The molecular formula is C20H22N6O. The third-order valence-corrected chi connectivity index (χ3v) is 5.03. The summed E-state index contributed by atoms with van der Waals surface area (Å²) in [6.07, 6.45) is 10.6. The minimum absolute atomic E-state index is 0.00716. The maximum Gasteiger partial charge on any atom is 0.253 e. The fraction of sp³-hybridized carbons (Fsp3) is 0.350. The van der Waals surface area contributed by atoms with Gasteiger partial charge in [0.1, 0.15) is 6.33 Å². The second-order valence-corrected chi connectivity index (χ2v) is 6.93. The maximum absolute atomic E-state index is 12.5. The van der Waals surface area contributed by atoms with Crippen molar-refractivity contribution in [3.63, 3.8) is 0 Å². The van der Waals surface area contributed by atoms with Crippen molar-refractivity contribution in [2.45, 2.75) is 25.9 Å². The first-order valence-corrected chi connectivity index (χ1v) is 9.22. The minimum Gasteiger partial charge on any atom is -0.299 e. The first kappa shape index (κ1) is 17.5. The predicted molar refractivity (Wildman–Crippen MR) is 102 cm³/mol. The quantitative estimate of drug-likeness (QED) is 0.691. The van der Waals surface area contributed by atoms with Crippen LogP contribution in [0.3, 0.4) is 0 Å². The van der Waals surface area contributed by atoms with Crippen LogP contribution in [0.4, 0.5) is 0 Å². The highest BCUT2D eigenvalue weighted by atomic mass is 16.1. The van der Waals surface area contributed by atoms with Gasteiger partial charge in [-0.1, -0.05) is 0 Å². The molecule has 0 unspecified atom stereocenters. The van der Waals surface area contributed by atoms with E-state index in [4.69, 9.17) is 0 Å². The third kappa shape index (κ3) is 4.43. The minimum atomic E-state index is -0.00716. The highest BCUT2D eigenvalue weighted by Crippen LogP contribution is 2.20. The van der Waals surface area contributed by atoms with Gasteiger partial charge in [0.15, 0.2) is 0 Å². The van der Waals surface area contributed by atoms with Crippen LogP contribution in [0, 0.1) is 5.92 Å². The van der Waals surface area contributed by atoms with Crippen LogP contribution in [0.2, 0.25) is 0 Å². The fourth-order valence-electron chi connectivity index (χ4n) is 3.48. The molecule has 3 aromatic heterocycles. The molecule has 0 N–H and O–H groups in total. The number of likely N-dealkylation sites (tertiary alicyclic amines) is 1. The first-order valence-electron chi connectivity index (χ1n) is 9.22. The summed E-state index contributed by atoms with van der Waals surface area (Å²) in [5, 5.41) is 0. The van der Waals surface area contributed by atoms with Crippen molar-refractivity contribution in [3.05, 3.63) is 71.6 Å². The maximum atomic E-state index is 12.5. The Bertz CT molecular complexity index is 920. The summed E-state index contributed by atoms with van der Waals surface area (Å²) in [5.41, 5.74) is 2.57. The average molecular weight is 362 g/mol. The Morgan fingerprint density at radius 3 is 2.67 bits per heavy atom. The Morgan fingerprint density at radius 2 is 1.96 bits per heavy atom. The highest BCUT2D eigenvalue weighted by Gasteiger charge is 2.20. The lowest BCUT2D eigenvalue weighted by Gasteiger charge is -2.31. The lowest BCUT2D eigenvalue weighted by molar-refractivity contribution is 0.164. The van der Waals surface area contributed by atoms with Gasteiger partial charge in [-0.05, 0) is 50.0 Å². The summed E-state index contributed by atoms with van der Waals surface area (Å²) in [4.78, 5) is 31.7. The van der Waals surface area contributed by atoms with E-state index in [0.29, 0.717) is 11.6 Å². The van der Waals surface area contributed by atoms with Gasteiger partial charge in [-0.25, -0.2) is 15.0 Å². The van der Waals surface area contributed by atoms with Crippen molar-refractivity contribution >= 4 is 0 Å². The molecule has 7 heteroatoms. The van der Waals surface area contributed by atoms with Crippen LogP contribution < -0.4 is 5.56 Å². The van der Waals surface area contributed by atoms with E-state index in [-0.39, 0.29) is 5.56 Å². The smallest absolute Gasteiger partial charge is 0.253 e. The van der Waals surface area contributed by atoms with Gasteiger partial charge in [0.2, 0.25) is 0 Å². The summed E-state index contributed by atoms with van der Waals surface area (Å²) in [5.74, 6) is 0.496. The molecule has 4 heterocycles. The molecule has 27 heavy (non-hydrogen) atoms. The molecule has 0 aliphatic carbocycles. The number of pyridine rings is 1. The number of hydrogen-bond donors (Lipinski definition) is 0. The Balaban J connectivity index is 1.34. The van der Waals surface area contributed by atoms with Gasteiger partial charge in [0.05, 0.1) is 17.7 Å². The molecular weight excluding hydrogens is 340 g/mol. The van der Waals surface area contributed by atoms with Crippen LogP contribution in [-0.2, 0) is 13.1 Å². The van der Waals surface area contributed by atoms with Crippen LogP contribution >= 0.6 is 0 Å². The monoisotopic (exact) mass is 362 g/mol. The van der Waals surface area contributed by atoms with Crippen LogP contribution in [0.5, 0.6) is 0 Å². The Kier molecular flexibility index (Phi) is 5.29. The van der Waals surface area contributed by atoms with Crippen LogP contribution in [-0.4, -0.2) is 42.5 Å². The average Bonchev–Trinajstić information content (AvgIpc) is 2.72. The molecule has 3 aromatic rings. The van der Waals surface area contributed by atoms with Crippen molar-refractivity contribution in [3.8, 4) is 11.3 Å². The number of rotatable bonds is 5. The number of piperidine rings is 1. The molecule has 0 spiro atoms. The molecule has 1 saturated heterocycles. The Hall–Kier alpha value is -2.93. The molecule has 138 valence electrons. The van der Waals surface area contributed by atoms with Gasteiger partial charge < -0.3 is 0 Å². The summed E-state index contributed by atoms with van der Waals surface area (Å²) in [6, 6.07) is 7.31. The lowest BCUT2D eigenvalue weighted by Crippen LogP contribution is -2.36. The van der Waals surface area contributed by atoms with E-state index in [1.807, 2.05) is 18.2 Å².